The van der Waals surface area contributed by atoms with Crippen molar-refractivity contribution >= 4 is 23.0 Å². The van der Waals surface area contributed by atoms with Gasteiger partial charge in [0.2, 0.25) is 0 Å². The zero-order valence-corrected chi connectivity index (χ0v) is 22.2. The monoisotopic (exact) mass is 614 g/mol. The average molecular weight is 615 g/mol. The van der Waals surface area contributed by atoms with Gasteiger partial charge in [-0.1, -0.05) is 18.2 Å². The molecule has 0 saturated carbocycles. The molecule has 1 aliphatic heterocycles. The molecule has 0 radical (unpaired) electrons. The second kappa shape index (κ2) is 14.1. The summed E-state index contributed by atoms with van der Waals surface area (Å²) in [5, 5.41) is 14.2. The Morgan fingerprint density at radius 2 is 1.44 bits per heavy atom. The van der Waals surface area contributed by atoms with Crippen LogP contribution in [0.1, 0.15) is 30.1 Å². The molecular formula is C28H25F7N4O4. The van der Waals surface area contributed by atoms with Crippen LogP contribution >= 0.6 is 0 Å². The summed E-state index contributed by atoms with van der Waals surface area (Å²) >= 11 is 0. The number of aromatic nitrogens is 3. The first-order valence-corrected chi connectivity index (χ1v) is 12.6. The van der Waals surface area contributed by atoms with Crippen molar-refractivity contribution in [3.05, 3.63) is 84.2 Å². The second-order valence-corrected chi connectivity index (χ2v) is 9.38. The summed E-state index contributed by atoms with van der Waals surface area (Å²) in [6.07, 6.45) is -4.41. The van der Waals surface area contributed by atoms with Crippen molar-refractivity contribution in [2.24, 2.45) is 0 Å². The molecule has 5 rings (SSSR count). The fourth-order valence-electron chi connectivity index (χ4n) is 4.20. The van der Waals surface area contributed by atoms with Crippen LogP contribution in [0.3, 0.4) is 0 Å². The van der Waals surface area contributed by atoms with Crippen molar-refractivity contribution in [2.75, 3.05) is 13.1 Å². The van der Waals surface area contributed by atoms with E-state index in [2.05, 4.69) is 33.1 Å². The summed E-state index contributed by atoms with van der Waals surface area (Å²) in [7, 11) is 0. The highest BCUT2D eigenvalue weighted by molar-refractivity contribution is 5.82. The molecule has 1 fully saturated rings. The molecule has 230 valence electrons. The number of pyridine rings is 1. The van der Waals surface area contributed by atoms with E-state index in [0.717, 1.165) is 60.5 Å². The zero-order valence-electron chi connectivity index (χ0n) is 22.2. The van der Waals surface area contributed by atoms with Crippen molar-refractivity contribution in [3.63, 3.8) is 0 Å². The van der Waals surface area contributed by atoms with Crippen molar-refractivity contribution in [3.8, 4) is 11.1 Å². The molecule has 43 heavy (non-hydrogen) atoms. The number of nitrogens with zero attached hydrogens (tertiary/aromatic N) is 3. The van der Waals surface area contributed by atoms with Crippen LogP contribution in [0.15, 0.2) is 67.0 Å². The Morgan fingerprint density at radius 3 is 1.98 bits per heavy atom. The summed E-state index contributed by atoms with van der Waals surface area (Å²) in [6.45, 7) is 2.81. The minimum absolute atomic E-state index is 0.161. The standard InChI is InChI=1S/C24H23FN4.2C2HF3O2/c25-21-3-1-2-17(14-21)16-29-12-8-19(9-13-29)24-27-22-5-4-20(15-23(22)28-24)18-6-10-26-11-7-18;2*3-2(4,5)1(6)7/h1-7,10-11,14-15,19H,8-9,12-13,16H2,(H,27,28);2*(H,6,7). The molecule has 0 amide bonds. The van der Waals surface area contributed by atoms with Crippen LogP contribution < -0.4 is 0 Å². The molecule has 2 aromatic carbocycles. The lowest BCUT2D eigenvalue weighted by Gasteiger charge is -2.31. The SMILES string of the molecule is Fc1cccc(CN2CCC(c3nc4ccc(-c5ccncc5)cc4[nH]3)CC2)c1.O=C(O)C(F)(F)F.O=C(O)C(F)(F)F. The number of piperidine rings is 1. The molecule has 0 spiro atoms. The van der Waals surface area contributed by atoms with Crippen LogP contribution in [0.4, 0.5) is 30.7 Å². The smallest absolute Gasteiger partial charge is 0.475 e. The first-order chi connectivity index (χ1) is 20.1. The number of hydrogen-bond donors (Lipinski definition) is 3. The first-order valence-electron chi connectivity index (χ1n) is 12.6. The third kappa shape index (κ3) is 10.1. The first kappa shape index (κ1) is 33.0. The quantitative estimate of drug-likeness (QED) is 0.227. The van der Waals surface area contributed by atoms with Gasteiger partial charge in [0.1, 0.15) is 11.6 Å². The normalized spacial score (nSPS) is 14.3. The number of halogens is 7. The predicted molar refractivity (Wildman–Crippen MR) is 140 cm³/mol. The summed E-state index contributed by atoms with van der Waals surface area (Å²) in [4.78, 5) is 32.7. The van der Waals surface area contributed by atoms with E-state index in [9.17, 15) is 30.7 Å². The van der Waals surface area contributed by atoms with E-state index in [4.69, 9.17) is 24.8 Å². The van der Waals surface area contributed by atoms with E-state index in [1.54, 1.807) is 12.1 Å². The lowest BCUT2D eigenvalue weighted by atomic mass is 9.96. The number of hydrogen-bond acceptors (Lipinski definition) is 5. The summed E-state index contributed by atoms with van der Waals surface area (Å²) in [5.41, 5.74) is 5.45. The van der Waals surface area contributed by atoms with Crippen LogP contribution in [0.2, 0.25) is 0 Å². The Morgan fingerprint density at radius 1 is 0.860 bits per heavy atom. The van der Waals surface area contributed by atoms with Gasteiger partial charge < -0.3 is 15.2 Å². The number of H-pyrrole nitrogens is 1. The van der Waals surface area contributed by atoms with Gasteiger partial charge in [-0.25, -0.2) is 19.0 Å². The van der Waals surface area contributed by atoms with Crippen LogP contribution in [-0.4, -0.2) is 67.4 Å². The number of carbonyl (C=O) groups is 2. The summed E-state index contributed by atoms with van der Waals surface area (Å²) in [6, 6.07) is 17.3. The molecular weight excluding hydrogens is 589 g/mol. The molecule has 4 aromatic rings. The molecule has 1 aliphatic rings. The largest absolute Gasteiger partial charge is 0.490 e. The van der Waals surface area contributed by atoms with Gasteiger partial charge in [0.05, 0.1) is 11.0 Å². The van der Waals surface area contributed by atoms with Crippen LogP contribution in [0, 0.1) is 5.82 Å². The highest BCUT2D eigenvalue weighted by Gasteiger charge is 2.38. The molecule has 3 heterocycles. The molecule has 0 unspecified atom stereocenters. The van der Waals surface area contributed by atoms with Gasteiger partial charge in [-0.15, -0.1) is 0 Å². The molecule has 0 atom stereocenters. The number of aromatic amines is 1. The number of aliphatic carboxylic acids is 2. The molecule has 8 nitrogen and oxygen atoms in total. The van der Waals surface area contributed by atoms with Gasteiger partial charge in [-0.3, -0.25) is 9.88 Å². The van der Waals surface area contributed by atoms with E-state index in [1.165, 1.54) is 11.6 Å². The lowest BCUT2D eigenvalue weighted by Crippen LogP contribution is -2.32. The maximum absolute atomic E-state index is 13.4. The summed E-state index contributed by atoms with van der Waals surface area (Å²) < 4.78 is 76.9. The number of fused-ring (bicyclic) bond motifs is 1. The van der Waals surface area contributed by atoms with Crippen LogP contribution in [0.25, 0.3) is 22.2 Å². The number of carboxylic acids is 2. The number of likely N-dealkylation sites (tertiary alicyclic amines) is 1. The average Bonchev–Trinajstić information content (AvgIpc) is 3.37. The van der Waals surface area contributed by atoms with Crippen molar-refractivity contribution in [1.29, 1.82) is 0 Å². The number of rotatable bonds is 4. The Bertz CT molecular complexity index is 1490. The third-order valence-electron chi connectivity index (χ3n) is 6.27. The Hall–Kier alpha value is -4.53. The second-order valence-electron chi connectivity index (χ2n) is 9.38. The number of nitrogens with one attached hydrogen (secondary N) is 1. The maximum atomic E-state index is 13.4. The van der Waals surface area contributed by atoms with E-state index >= 15 is 0 Å². The molecule has 1 saturated heterocycles. The fourth-order valence-corrected chi connectivity index (χ4v) is 4.20. The Kier molecular flexibility index (Phi) is 10.8. The van der Waals surface area contributed by atoms with Crippen molar-refractivity contribution in [2.45, 2.75) is 37.7 Å². The van der Waals surface area contributed by atoms with Gasteiger partial charge in [0, 0.05) is 24.9 Å². The van der Waals surface area contributed by atoms with Gasteiger partial charge in [0.15, 0.2) is 0 Å². The van der Waals surface area contributed by atoms with E-state index in [-0.39, 0.29) is 5.82 Å². The van der Waals surface area contributed by atoms with Gasteiger partial charge in [0.25, 0.3) is 0 Å². The third-order valence-corrected chi connectivity index (χ3v) is 6.27. The van der Waals surface area contributed by atoms with E-state index < -0.39 is 24.3 Å². The number of benzene rings is 2. The lowest BCUT2D eigenvalue weighted by molar-refractivity contribution is -0.193. The topological polar surface area (TPSA) is 119 Å². The summed E-state index contributed by atoms with van der Waals surface area (Å²) in [5.74, 6) is -4.15. The van der Waals surface area contributed by atoms with Gasteiger partial charge in [-0.2, -0.15) is 26.3 Å². The fraction of sp³-hybridized carbons (Fsp3) is 0.286. The Labute approximate surface area is 239 Å². The molecule has 0 bridgehead atoms. The highest BCUT2D eigenvalue weighted by atomic mass is 19.4. The minimum atomic E-state index is -5.08. The predicted octanol–water partition coefficient (Wildman–Crippen LogP) is 6.41. The Balaban J connectivity index is 0.000000303. The minimum Gasteiger partial charge on any atom is -0.475 e. The number of imidazole rings is 1. The zero-order chi connectivity index (χ0) is 31.8. The number of carboxylic acid groups (broad SMARTS) is 2. The van der Waals surface area contributed by atoms with E-state index in [0.29, 0.717) is 5.92 Å². The molecule has 3 N–H and O–H groups in total. The maximum Gasteiger partial charge on any atom is 0.490 e. The number of alkyl halides is 6. The van der Waals surface area contributed by atoms with Gasteiger partial charge in [-0.05, 0) is 79.0 Å². The van der Waals surface area contributed by atoms with Crippen molar-refractivity contribution in [1.82, 2.24) is 19.9 Å². The van der Waals surface area contributed by atoms with E-state index in [1.807, 2.05) is 30.6 Å². The molecule has 0 aliphatic carbocycles. The highest BCUT2D eigenvalue weighted by Crippen LogP contribution is 2.30. The molecule has 2 aromatic heterocycles. The van der Waals surface area contributed by atoms with Crippen LogP contribution in [-0.2, 0) is 16.1 Å². The van der Waals surface area contributed by atoms with Gasteiger partial charge >= 0.3 is 24.3 Å². The van der Waals surface area contributed by atoms with Crippen LogP contribution in [0.5, 0.6) is 0 Å². The van der Waals surface area contributed by atoms with Crippen molar-refractivity contribution < 1.29 is 50.5 Å². The molecule has 15 heteroatoms.